The molecule has 0 radical (unpaired) electrons. The van der Waals surface area contributed by atoms with Crippen LogP contribution in [0.5, 0.6) is 0 Å². The number of carbonyl (C=O) groups excluding carboxylic acids is 1. The van der Waals surface area contributed by atoms with E-state index < -0.39 is 0 Å². The van der Waals surface area contributed by atoms with Crippen molar-refractivity contribution < 1.29 is 4.79 Å². The quantitative estimate of drug-likeness (QED) is 0.585. The average Bonchev–Trinajstić information content (AvgIpc) is 3.25. The first kappa shape index (κ1) is 20.6. The van der Waals surface area contributed by atoms with Gasteiger partial charge in [-0.25, -0.2) is 0 Å². The summed E-state index contributed by atoms with van der Waals surface area (Å²) in [5.41, 5.74) is 5.16. The van der Waals surface area contributed by atoms with Crippen molar-refractivity contribution in [3.05, 3.63) is 70.4 Å². The number of aromatic nitrogens is 1. The monoisotopic (exact) mass is 435 g/mol. The number of rotatable bonds is 5. The number of H-pyrrole nitrogens is 1. The Hall–Kier alpha value is -2.30. The molecule has 4 nitrogen and oxygen atoms in total. The van der Waals surface area contributed by atoms with Crippen molar-refractivity contribution in [3.63, 3.8) is 0 Å². The number of piperidine rings is 1. The molecule has 0 aliphatic carbocycles. The van der Waals surface area contributed by atoms with Crippen molar-refractivity contribution >= 4 is 28.4 Å². The van der Waals surface area contributed by atoms with Crippen LogP contribution >= 0.6 is 11.6 Å². The number of halogens is 1. The number of amides is 1. The molecule has 2 aliphatic heterocycles. The van der Waals surface area contributed by atoms with Crippen molar-refractivity contribution in [2.75, 3.05) is 26.2 Å². The number of likely N-dealkylation sites (tertiary alicyclic amines) is 1. The lowest BCUT2D eigenvalue weighted by molar-refractivity contribution is -0.132. The Morgan fingerprint density at radius 3 is 2.68 bits per heavy atom. The summed E-state index contributed by atoms with van der Waals surface area (Å²) in [5.74, 6) is 0.888. The minimum absolute atomic E-state index is 0.306. The van der Waals surface area contributed by atoms with Crippen LogP contribution in [0, 0.1) is 0 Å². The summed E-state index contributed by atoms with van der Waals surface area (Å²) in [6.07, 6.45) is 7.06. The summed E-state index contributed by atoms with van der Waals surface area (Å²) in [7, 11) is 0. The Bertz CT molecular complexity index is 1070. The van der Waals surface area contributed by atoms with Crippen molar-refractivity contribution in [3.8, 4) is 0 Å². The van der Waals surface area contributed by atoms with E-state index in [4.69, 9.17) is 11.6 Å². The van der Waals surface area contributed by atoms with Crippen LogP contribution in [0.25, 0.3) is 10.9 Å². The minimum atomic E-state index is 0.306. The van der Waals surface area contributed by atoms with E-state index in [9.17, 15) is 4.79 Å². The van der Waals surface area contributed by atoms with E-state index in [1.54, 1.807) is 0 Å². The lowest BCUT2D eigenvalue weighted by Gasteiger charge is -2.32. The first-order valence-electron chi connectivity index (χ1n) is 11.5. The van der Waals surface area contributed by atoms with Gasteiger partial charge in [-0.1, -0.05) is 48.0 Å². The van der Waals surface area contributed by atoms with Crippen LogP contribution in [-0.4, -0.2) is 46.9 Å². The second-order valence-electron chi connectivity index (χ2n) is 8.96. The zero-order valence-corrected chi connectivity index (χ0v) is 18.7. The smallest absolute Gasteiger partial charge is 0.222 e. The molecule has 5 heteroatoms. The van der Waals surface area contributed by atoms with Gasteiger partial charge in [-0.3, -0.25) is 4.79 Å². The maximum atomic E-state index is 12.7. The number of benzene rings is 2. The van der Waals surface area contributed by atoms with Crippen LogP contribution in [-0.2, 0) is 17.8 Å². The molecule has 0 saturated carbocycles. The number of nitrogens with one attached hydrogen (secondary N) is 1. The standard InChI is InChI=1S/C26H30ClN3O/c27-24-8-3-7-22-23(17-28-26(22)24)20-10-14-29(15-11-20)13-4-9-25(31)30-16-12-19-5-1-2-6-21(19)18-30/h1-3,5-8,17,20,28H,4,9-16,18H2. The summed E-state index contributed by atoms with van der Waals surface area (Å²) >= 11 is 6.33. The summed E-state index contributed by atoms with van der Waals surface area (Å²) in [6, 6.07) is 14.6. The van der Waals surface area contributed by atoms with E-state index in [1.807, 2.05) is 17.0 Å². The number of fused-ring (bicyclic) bond motifs is 2. The van der Waals surface area contributed by atoms with Gasteiger partial charge in [0.25, 0.3) is 0 Å². The van der Waals surface area contributed by atoms with Crippen LogP contribution in [0.15, 0.2) is 48.7 Å². The van der Waals surface area contributed by atoms with Gasteiger partial charge in [0.05, 0.1) is 10.5 Å². The van der Waals surface area contributed by atoms with Gasteiger partial charge >= 0.3 is 0 Å². The fourth-order valence-electron chi connectivity index (χ4n) is 5.27. The number of aromatic amines is 1. The normalized spacial score (nSPS) is 17.8. The minimum Gasteiger partial charge on any atom is -0.360 e. The SMILES string of the molecule is O=C(CCCN1CCC(c2c[nH]c3c(Cl)cccc23)CC1)N1CCc2ccccc2C1. The molecule has 3 aromatic rings. The molecule has 5 rings (SSSR count). The molecule has 0 unspecified atom stereocenters. The molecule has 0 spiro atoms. The summed E-state index contributed by atoms with van der Waals surface area (Å²) in [4.78, 5) is 20.6. The molecule has 2 aromatic carbocycles. The van der Waals surface area contributed by atoms with Crippen molar-refractivity contribution in [2.45, 2.75) is 44.6 Å². The molecular formula is C26H30ClN3O. The highest BCUT2D eigenvalue weighted by atomic mass is 35.5. The highest BCUT2D eigenvalue weighted by Crippen LogP contribution is 2.35. The third-order valence-corrected chi connectivity index (χ3v) is 7.39. The van der Waals surface area contributed by atoms with E-state index in [2.05, 4.69) is 46.4 Å². The zero-order chi connectivity index (χ0) is 21.2. The van der Waals surface area contributed by atoms with E-state index in [0.717, 1.165) is 68.9 Å². The Morgan fingerprint density at radius 2 is 1.84 bits per heavy atom. The number of hydrogen-bond donors (Lipinski definition) is 1. The topological polar surface area (TPSA) is 39.3 Å². The fraction of sp³-hybridized carbons (Fsp3) is 0.423. The fourth-order valence-corrected chi connectivity index (χ4v) is 5.49. The molecule has 1 saturated heterocycles. The zero-order valence-electron chi connectivity index (χ0n) is 17.9. The van der Waals surface area contributed by atoms with Crippen molar-refractivity contribution in [2.24, 2.45) is 0 Å². The summed E-state index contributed by atoms with van der Waals surface area (Å²) in [6.45, 7) is 4.85. The summed E-state index contributed by atoms with van der Waals surface area (Å²) in [5, 5.41) is 2.06. The first-order chi connectivity index (χ1) is 15.2. The van der Waals surface area contributed by atoms with E-state index >= 15 is 0 Å². The molecule has 2 aliphatic rings. The molecule has 3 heterocycles. The number of nitrogens with zero attached hydrogens (tertiary/aromatic N) is 2. The Labute approximate surface area is 189 Å². The number of carbonyl (C=O) groups is 1. The molecule has 0 bridgehead atoms. The largest absolute Gasteiger partial charge is 0.360 e. The van der Waals surface area contributed by atoms with Crippen LogP contribution in [0.3, 0.4) is 0 Å². The lowest BCUT2D eigenvalue weighted by Crippen LogP contribution is -2.37. The van der Waals surface area contributed by atoms with Gasteiger partial charge in [-0.15, -0.1) is 0 Å². The third-order valence-electron chi connectivity index (χ3n) is 7.07. The van der Waals surface area contributed by atoms with E-state index in [-0.39, 0.29) is 0 Å². The Balaban J connectivity index is 1.08. The second-order valence-corrected chi connectivity index (χ2v) is 9.37. The van der Waals surface area contributed by atoms with Gasteiger partial charge in [0.2, 0.25) is 5.91 Å². The first-order valence-corrected chi connectivity index (χ1v) is 11.9. The molecule has 1 aromatic heterocycles. The second kappa shape index (κ2) is 9.05. The van der Waals surface area contributed by atoms with E-state index in [0.29, 0.717) is 18.2 Å². The molecule has 0 atom stereocenters. The van der Waals surface area contributed by atoms with Gasteiger partial charge in [0, 0.05) is 31.1 Å². The molecular weight excluding hydrogens is 406 g/mol. The molecule has 1 fully saturated rings. The van der Waals surface area contributed by atoms with Gasteiger partial charge in [0.15, 0.2) is 0 Å². The molecule has 1 N–H and O–H groups in total. The average molecular weight is 436 g/mol. The van der Waals surface area contributed by atoms with Gasteiger partial charge in [-0.05, 0) is 74.0 Å². The van der Waals surface area contributed by atoms with Gasteiger partial charge < -0.3 is 14.8 Å². The molecule has 162 valence electrons. The van der Waals surface area contributed by atoms with Crippen LogP contribution in [0.1, 0.15) is 48.3 Å². The summed E-state index contributed by atoms with van der Waals surface area (Å²) < 4.78 is 0. The van der Waals surface area contributed by atoms with Crippen LogP contribution < -0.4 is 0 Å². The highest BCUT2D eigenvalue weighted by Gasteiger charge is 2.24. The van der Waals surface area contributed by atoms with E-state index in [1.165, 1.54) is 22.1 Å². The maximum absolute atomic E-state index is 12.7. The third kappa shape index (κ3) is 4.37. The van der Waals surface area contributed by atoms with Crippen LogP contribution in [0.2, 0.25) is 5.02 Å². The maximum Gasteiger partial charge on any atom is 0.222 e. The number of hydrogen-bond acceptors (Lipinski definition) is 2. The Kier molecular flexibility index (Phi) is 6.02. The predicted octanol–water partition coefficient (Wildman–Crippen LogP) is 5.37. The van der Waals surface area contributed by atoms with Crippen molar-refractivity contribution in [1.82, 2.24) is 14.8 Å². The molecule has 1 amide bonds. The van der Waals surface area contributed by atoms with Crippen molar-refractivity contribution in [1.29, 1.82) is 0 Å². The molecule has 31 heavy (non-hydrogen) atoms. The van der Waals surface area contributed by atoms with Crippen LogP contribution in [0.4, 0.5) is 0 Å². The number of para-hydroxylation sites is 1. The highest BCUT2D eigenvalue weighted by molar-refractivity contribution is 6.35. The van der Waals surface area contributed by atoms with Gasteiger partial charge in [0.1, 0.15) is 0 Å². The lowest BCUT2D eigenvalue weighted by atomic mass is 9.89. The Morgan fingerprint density at radius 1 is 1.03 bits per heavy atom. The van der Waals surface area contributed by atoms with Gasteiger partial charge in [-0.2, -0.15) is 0 Å². The predicted molar refractivity (Wildman–Crippen MR) is 127 cm³/mol.